The van der Waals surface area contributed by atoms with Crippen molar-refractivity contribution in [2.24, 2.45) is 0 Å². The number of ether oxygens (including phenoxy) is 1. The van der Waals surface area contributed by atoms with Gasteiger partial charge in [0.15, 0.2) is 0 Å². The summed E-state index contributed by atoms with van der Waals surface area (Å²) in [7, 11) is 0. The summed E-state index contributed by atoms with van der Waals surface area (Å²) in [6.45, 7) is 2.79. The predicted octanol–water partition coefficient (Wildman–Crippen LogP) is 4.09. The standard InChI is InChI=1S/C15H15BrN2O/c1-10-8-11(9-17-15(10)16)18-13-6-7-19-14-5-3-2-4-12(13)14/h2-5,8-9,13,18H,6-7H2,1H3. The molecule has 1 aliphatic rings. The zero-order chi connectivity index (χ0) is 13.2. The van der Waals surface area contributed by atoms with E-state index in [4.69, 9.17) is 4.74 Å². The third-order valence-corrected chi connectivity index (χ3v) is 4.14. The maximum atomic E-state index is 5.67. The van der Waals surface area contributed by atoms with E-state index in [1.165, 1.54) is 5.56 Å². The number of fused-ring (bicyclic) bond motifs is 1. The summed E-state index contributed by atoms with van der Waals surface area (Å²) in [4.78, 5) is 4.32. The van der Waals surface area contributed by atoms with Gasteiger partial charge in [-0.05, 0) is 40.5 Å². The molecule has 0 fully saturated rings. The highest BCUT2D eigenvalue weighted by Gasteiger charge is 2.20. The van der Waals surface area contributed by atoms with E-state index >= 15 is 0 Å². The molecule has 0 saturated carbocycles. The minimum atomic E-state index is 0.285. The van der Waals surface area contributed by atoms with E-state index in [0.29, 0.717) is 0 Å². The number of aryl methyl sites for hydroxylation is 1. The lowest BCUT2D eigenvalue weighted by molar-refractivity contribution is 0.274. The predicted molar refractivity (Wildman–Crippen MR) is 79.6 cm³/mol. The Morgan fingerprint density at radius 3 is 3.05 bits per heavy atom. The monoisotopic (exact) mass is 318 g/mol. The number of aromatic nitrogens is 1. The van der Waals surface area contributed by atoms with Gasteiger partial charge in [0.1, 0.15) is 10.4 Å². The number of para-hydroxylation sites is 1. The fourth-order valence-electron chi connectivity index (χ4n) is 2.33. The van der Waals surface area contributed by atoms with Crippen LogP contribution in [0.5, 0.6) is 5.75 Å². The van der Waals surface area contributed by atoms with E-state index in [1.54, 1.807) is 0 Å². The molecule has 4 heteroatoms. The highest BCUT2D eigenvalue weighted by atomic mass is 79.9. The van der Waals surface area contributed by atoms with E-state index in [0.717, 1.165) is 34.6 Å². The van der Waals surface area contributed by atoms with Crippen LogP contribution in [0, 0.1) is 6.92 Å². The molecule has 0 bridgehead atoms. The normalized spacial score (nSPS) is 17.5. The van der Waals surface area contributed by atoms with Crippen LogP contribution in [0.3, 0.4) is 0 Å². The van der Waals surface area contributed by atoms with Crippen molar-refractivity contribution in [2.75, 3.05) is 11.9 Å². The van der Waals surface area contributed by atoms with Crippen molar-refractivity contribution in [3.63, 3.8) is 0 Å². The zero-order valence-corrected chi connectivity index (χ0v) is 12.3. The topological polar surface area (TPSA) is 34.1 Å². The zero-order valence-electron chi connectivity index (χ0n) is 10.7. The number of rotatable bonds is 2. The Morgan fingerprint density at radius 2 is 2.21 bits per heavy atom. The van der Waals surface area contributed by atoms with Crippen LogP contribution >= 0.6 is 15.9 Å². The number of nitrogens with one attached hydrogen (secondary N) is 1. The first kappa shape index (κ1) is 12.5. The fourth-order valence-corrected chi connectivity index (χ4v) is 2.55. The Kier molecular flexibility index (Phi) is 3.42. The van der Waals surface area contributed by atoms with Gasteiger partial charge >= 0.3 is 0 Å². The van der Waals surface area contributed by atoms with Gasteiger partial charge in [0.25, 0.3) is 0 Å². The van der Waals surface area contributed by atoms with Crippen molar-refractivity contribution in [2.45, 2.75) is 19.4 Å². The van der Waals surface area contributed by atoms with Gasteiger partial charge in [-0.2, -0.15) is 0 Å². The summed E-state index contributed by atoms with van der Waals surface area (Å²) >= 11 is 3.42. The van der Waals surface area contributed by atoms with Crippen molar-refractivity contribution in [3.8, 4) is 5.75 Å². The number of pyridine rings is 1. The van der Waals surface area contributed by atoms with Crippen LogP contribution in [0.1, 0.15) is 23.6 Å². The second-order valence-electron chi connectivity index (χ2n) is 4.70. The third kappa shape index (κ3) is 2.59. The van der Waals surface area contributed by atoms with Crippen molar-refractivity contribution < 1.29 is 4.74 Å². The van der Waals surface area contributed by atoms with Gasteiger partial charge in [-0.1, -0.05) is 18.2 Å². The van der Waals surface area contributed by atoms with Crippen molar-refractivity contribution in [1.82, 2.24) is 4.98 Å². The van der Waals surface area contributed by atoms with Crippen LogP contribution in [0.15, 0.2) is 41.1 Å². The van der Waals surface area contributed by atoms with E-state index in [1.807, 2.05) is 31.3 Å². The van der Waals surface area contributed by atoms with E-state index in [9.17, 15) is 0 Å². The van der Waals surface area contributed by atoms with Gasteiger partial charge in [-0.25, -0.2) is 4.98 Å². The molecule has 0 spiro atoms. The molecule has 1 unspecified atom stereocenters. The average Bonchev–Trinajstić information content (AvgIpc) is 2.43. The first-order valence-corrected chi connectivity index (χ1v) is 7.14. The lowest BCUT2D eigenvalue weighted by Gasteiger charge is -2.27. The van der Waals surface area contributed by atoms with Gasteiger partial charge in [0.2, 0.25) is 0 Å². The second-order valence-corrected chi connectivity index (χ2v) is 5.45. The molecule has 1 aromatic carbocycles. The fraction of sp³-hybridized carbons (Fsp3) is 0.267. The smallest absolute Gasteiger partial charge is 0.124 e. The maximum Gasteiger partial charge on any atom is 0.124 e. The van der Waals surface area contributed by atoms with Gasteiger partial charge in [-0.15, -0.1) is 0 Å². The summed E-state index contributed by atoms with van der Waals surface area (Å²) in [5.41, 5.74) is 3.39. The van der Waals surface area contributed by atoms with Crippen LogP contribution in [-0.2, 0) is 0 Å². The third-order valence-electron chi connectivity index (χ3n) is 3.31. The van der Waals surface area contributed by atoms with E-state index < -0.39 is 0 Å². The first-order chi connectivity index (χ1) is 9.24. The number of benzene rings is 1. The van der Waals surface area contributed by atoms with Crippen molar-refractivity contribution >= 4 is 21.6 Å². The van der Waals surface area contributed by atoms with E-state index in [-0.39, 0.29) is 6.04 Å². The minimum absolute atomic E-state index is 0.285. The van der Waals surface area contributed by atoms with Crippen LogP contribution in [-0.4, -0.2) is 11.6 Å². The highest BCUT2D eigenvalue weighted by Crippen LogP contribution is 2.34. The summed E-state index contributed by atoms with van der Waals surface area (Å²) in [6.07, 6.45) is 2.82. The largest absolute Gasteiger partial charge is 0.493 e. The molecule has 1 atom stereocenters. The molecule has 1 N–H and O–H groups in total. The Bertz CT molecular complexity index is 600. The lowest BCUT2D eigenvalue weighted by atomic mass is 10.0. The van der Waals surface area contributed by atoms with Gasteiger partial charge in [0.05, 0.1) is 24.5 Å². The Hall–Kier alpha value is -1.55. The van der Waals surface area contributed by atoms with Crippen LogP contribution in [0.25, 0.3) is 0 Å². The van der Waals surface area contributed by atoms with Crippen LogP contribution in [0.4, 0.5) is 5.69 Å². The van der Waals surface area contributed by atoms with Crippen molar-refractivity contribution in [1.29, 1.82) is 0 Å². The summed E-state index contributed by atoms with van der Waals surface area (Å²) in [5.74, 6) is 0.980. The minimum Gasteiger partial charge on any atom is -0.493 e. The van der Waals surface area contributed by atoms with Gasteiger partial charge < -0.3 is 10.1 Å². The second kappa shape index (κ2) is 5.21. The molecule has 1 aromatic heterocycles. The molecule has 0 saturated heterocycles. The van der Waals surface area contributed by atoms with Crippen LogP contribution < -0.4 is 10.1 Å². The molecule has 3 nitrogen and oxygen atoms in total. The van der Waals surface area contributed by atoms with Gasteiger partial charge in [0, 0.05) is 12.0 Å². The van der Waals surface area contributed by atoms with Gasteiger partial charge in [-0.3, -0.25) is 0 Å². The average molecular weight is 319 g/mol. The number of hydrogen-bond acceptors (Lipinski definition) is 3. The first-order valence-electron chi connectivity index (χ1n) is 6.34. The Labute approximate surface area is 121 Å². The molecule has 1 aliphatic heterocycles. The molecule has 3 rings (SSSR count). The molecule has 19 heavy (non-hydrogen) atoms. The Balaban J connectivity index is 1.86. The molecular formula is C15H15BrN2O. The lowest BCUT2D eigenvalue weighted by Crippen LogP contribution is -2.20. The molecule has 2 aromatic rings. The molecule has 0 radical (unpaired) electrons. The molecule has 2 heterocycles. The summed E-state index contributed by atoms with van der Waals surface area (Å²) in [5, 5.41) is 3.54. The molecule has 98 valence electrons. The maximum absolute atomic E-state index is 5.67. The highest BCUT2D eigenvalue weighted by molar-refractivity contribution is 9.10. The molecule has 0 aliphatic carbocycles. The number of hydrogen-bond donors (Lipinski definition) is 1. The summed E-state index contributed by atoms with van der Waals surface area (Å²) < 4.78 is 6.57. The summed E-state index contributed by atoms with van der Waals surface area (Å²) in [6, 6.07) is 10.6. The van der Waals surface area contributed by atoms with Crippen LogP contribution in [0.2, 0.25) is 0 Å². The molecular weight excluding hydrogens is 304 g/mol. The number of nitrogens with zero attached hydrogens (tertiary/aromatic N) is 1. The number of anilines is 1. The Morgan fingerprint density at radius 1 is 1.37 bits per heavy atom. The quantitative estimate of drug-likeness (QED) is 0.847. The van der Waals surface area contributed by atoms with Crippen molar-refractivity contribution in [3.05, 3.63) is 52.3 Å². The van der Waals surface area contributed by atoms with E-state index in [2.05, 4.69) is 38.4 Å². The number of halogens is 1. The SMILES string of the molecule is Cc1cc(NC2CCOc3ccccc32)cnc1Br. The molecule has 0 amide bonds.